The van der Waals surface area contributed by atoms with E-state index >= 15 is 0 Å². The molecule has 2 aliphatic rings. The van der Waals surface area contributed by atoms with E-state index < -0.39 is 11.2 Å². The molecule has 2 fully saturated rings. The Hall–Kier alpha value is -2.67. The van der Waals surface area contributed by atoms with Crippen LogP contribution in [0.15, 0.2) is 36.4 Å². The Morgan fingerprint density at radius 3 is 2.59 bits per heavy atom. The highest BCUT2D eigenvalue weighted by molar-refractivity contribution is 5.70. The number of hydrogen-bond donors (Lipinski definition) is 1. The number of piperidine rings is 1. The minimum atomic E-state index is -0.956. The second-order valence-electron chi connectivity index (χ2n) is 9.82. The maximum absolute atomic E-state index is 13.3. The molecule has 1 aromatic heterocycles. The third kappa shape index (κ3) is 4.88. The molecule has 1 N–H and O–H groups in total. The van der Waals surface area contributed by atoms with E-state index in [2.05, 4.69) is 14.9 Å². The molecule has 7 nitrogen and oxygen atoms in total. The van der Waals surface area contributed by atoms with E-state index in [1.807, 2.05) is 55.1 Å². The van der Waals surface area contributed by atoms with Gasteiger partial charge in [0.1, 0.15) is 17.2 Å². The van der Waals surface area contributed by atoms with Crippen LogP contribution in [0.5, 0.6) is 0 Å². The minimum Gasteiger partial charge on any atom is -0.438 e. The zero-order valence-corrected chi connectivity index (χ0v) is 19.5. The van der Waals surface area contributed by atoms with Crippen LogP contribution in [0.1, 0.15) is 56.6 Å². The lowest BCUT2D eigenvalue weighted by atomic mass is 9.80. The average molecular weight is 439 g/mol. The molecule has 32 heavy (non-hydrogen) atoms. The van der Waals surface area contributed by atoms with Crippen molar-refractivity contribution in [3.63, 3.8) is 0 Å². The maximum Gasteiger partial charge on any atom is 0.410 e. The molecule has 2 atom stereocenters. The van der Waals surface area contributed by atoms with Crippen LogP contribution in [0.3, 0.4) is 0 Å². The van der Waals surface area contributed by atoms with Gasteiger partial charge in [-0.3, -0.25) is 0 Å². The van der Waals surface area contributed by atoms with Crippen LogP contribution in [0.4, 0.5) is 10.6 Å². The van der Waals surface area contributed by atoms with E-state index in [-0.39, 0.29) is 12.1 Å². The van der Waals surface area contributed by atoms with E-state index in [1.54, 1.807) is 13.8 Å². The highest BCUT2D eigenvalue weighted by atomic mass is 16.6. The number of nitrogens with zero attached hydrogens (tertiary/aromatic N) is 4. The summed E-state index contributed by atoms with van der Waals surface area (Å²) in [5.41, 5.74) is 0.115. The summed E-state index contributed by atoms with van der Waals surface area (Å²) < 4.78 is 6.16. The predicted octanol–water partition coefficient (Wildman–Crippen LogP) is 3.96. The van der Waals surface area contributed by atoms with Crippen molar-refractivity contribution in [2.45, 2.75) is 70.6 Å². The molecule has 2 aliphatic heterocycles. The van der Waals surface area contributed by atoms with Gasteiger partial charge in [-0.2, -0.15) is 0 Å². The van der Waals surface area contributed by atoms with Crippen LogP contribution in [0.2, 0.25) is 0 Å². The Labute approximate surface area is 190 Å². The fraction of sp³-hybridized carbons (Fsp3) is 0.560. The fourth-order valence-electron chi connectivity index (χ4n) is 5.15. The SMILES string of the molecule is Cc1cc(N2CCC[C@H](N3CC[C@](CC(C)(C)O)(c4ccccc4)OC3=O)C2)nc(C)n1. The van der Waals surface area contributed by atoms with Crippen molar-refractivity contribution >= 4 is 11.9 Å². The summed E-state index contributed by atoms with van der Waals surface area (Å²) >= 11 is 0. The highest BCUT2D eigenvalue weighted by Gasteiger charge is 2.47. The Kier molecular flexibility index (Phi) is 6.12. The normalized spacial score (nSPS) is 24.4. The van der Waals surface area contributed by atoms with Gasteiger partial charge in [0.2, 0.25) is 0 Å². The first kappa shape index (κ1) is 22.5. The highest BCUT2D eigenvalue weighted by Crippen LogP contribution is 2.41. The number of rotatable bonds is 5. The third-order valence-corrected chi connectivity index (χ3v) is 6.41. The Bertz CT molecular complexity index is 939. The molecule has 0 bridgehead atoms. The summed E-state index contributed by atoms with van der Waals surface area (Å²) in [6, 6.07) is 11.9. The second-order valence-corrected chi connectivity index (χ2v) is 9.82. The number of aromatic nitrogens is 2. The number of anilines is 1. The van der Waals surface area contributed by atoms with Crippen LogP contribution in [0, 0.1) is 13.8 Å². The Morgan fingerprint density at radius 2 is 1.94 bits per heavy atom. The van der Waals surface area contributed by atoms with Gasteiger partial charge in [0.05, 0.1) is 11.6 Å². The minimum absolute atomic E-state index is 0.0720. The fourth-order valence-corrected chi connectivity index (χ4v) is 5.15. The first-order valence-corrected chi connectivity index (χ1v) is 11.5. The van der Waals surface area contributed by atoms with Crippen LogP contribution >= 0.6 is 0 Å². The van der Waals surface area contributed by atoms with Gasteiger partial charge in [-0.15, -0.1) is 0 Å². The lowest BCUT2D eigenvalue weighted by Crippen LogP contribution is -2.57. The molecule has 4 rings (SSSR count). The number of ether oxygens (including phenoxy) is 1. The van der Waals surface area contributed by atoms with Crippen LogP contribution in [0.25, 0.3) is 0 Å². The monoisotopic (exact) mass is 438 g/mol. The summed E-state index contributed by atoms with van der Waals surface area (Å²) in [6.07, 6.45) is 2.64. The largest absolute Gasteiger partial charge is 0.438 e. The number of aliphatic hydroxyl groups is 1. The van der Waals surface area contributed by atoms with Crippen LogP contribution < -0.4 is 4.90 Å². The lowest BCUT2D eigenvalue weighted by molar-refractivity contribution is -0.102. The molecule has 0 radical (unpaired) electrons. The molecule has 172 valence electrons. The number of carbonyl (C=O) groups is 1. The summed E-state index contributed by atoms with van der Waals surface area (Å²) in [4.78, 5) is 26.4. The molecular weight excluding hydrogens is 404 g/mol. The topological polar surface area (TPSA) is 78.8 Å². The van der Waals surface area contributed by atoms with E-state index in [0.717, 1.165) is 48.8 Å². The predicted molar refractivity (Wildman–Crippen MR) is 124 cm³/mol. The van der Waals surface area contributed by atoms with Crippen molar-refractivity contribution in [2.24, 2.45) is 0 Å². The molecule has 1 amide bonds. The molecule has 0 saturated carbocycles. The van der Waals surface area contributed by atoms with E-state index in [1.165, 1.54) is 0 Å². The first-order chi connectivity index (χ1) is 15.2. The van der Waals surface area contributed by atoms with Crippen LogP contribution in [-0.4, -0.2) is 57.3 Å². The number of carbonyl (C=O) groups excluding carboxylic acids is 1. The van der Waals surface area contributed by atoms with Crippen molar-refractivity contribution in [1.82, 2.24) is 14.9 Å². The molecule has 7 heteroatoms. The number of benzene rings is 1. The first-order valence-electron chi connectivity index (χ1n) is 11.5. The number of amides is 1. The number of cyclic esters (lactones) is 1. The van der Waals surface area contributed by atoms with Gasteiger partial charge in [0.15, 0.2) is 0 Å². The molecular formula is C25H34N4O3. The smallest absolute Gasteiger partial charge is 0.410 e. The molecule has 0 aliphatic carbocycles. The Balaban J connectivity index is 1.52. The van der Waals surface area contributed by atoms with Gasteiger partial charge < -0.3 is 19.6 Å². The van der Waals surface area contributed by atoms with E-state index in [4.69, 9.17) is 4.74 Å². The van der Waals surface area contributed by atoms with Gasteiger partial charge in [0.25, 0.3) is 0 Å². The van der Waals surface area contributed by atoms with Crippen molar-refractivity contribution in [1.29, 1.82) is 0 Å². The molecule has 2 saturated heterocycles. The second kappa shape index (κ2) is 8.70. The quantitative estimate of drug-likeness (QED) is 0.761. The molecule has 3 heterocycles. The molecule has 2 aromatic rings. The maximum atomic E-state index is 13.3. The molecule has 1 aromatic carbocycles. The Morgan fingerprint density at radius 1 is 1.19 bits per heavy atom. The van der Waals surface area contributed by atoms with Crippen molar-refractivity contribution < 1.29 is 14.6 Å². The van der Waals surface area contributed by atoms with Gasteiger partial charge in [0, 0.05) is 44.2 Å². The molecule has 0 unspecified atom stereocenters. The standard InChI is InChI=1S/C25H34N4O3/c1-18-15-22(27-19(2)26-18)28-13-8-11-21(16-28)29-14-12-25(32-23(29)30,17-24(3,4)31)20-9-6-5-7-10-20/h5-7,9-10,15,21,31H,8,11-14,16-17H2,1-4H3/t21-,25-/m0/s1. The van der Waals surface area contributed by atoms with Crippen LogP contribution in [-0.2, 0) is 10.3 Å². The third-order valence-electron chi connectivity index (χ3n) is 6.41. The number of aryl methyl sites for hydroxylation is 2. The zero-order valence-electron chi connectivity index (χ0n) is 19.5. The average Bonchev–Trinajstić information content (AvgIpc) is 2.73. The van der Waals surface area contributed by atoms with E-state index in [0.29, 0.717) is 19.4 Å². The van der Waals surface area contributed by atoms with Gasteiger partial charge in [-0.25, -0.2) is 14.8 Å². The van der Waals surface area contributed by atoms with Gasteiger partial charge in [-0.1, -0.05) is 30.3 Å². The van der Waals surface area contributed by atoms with Crippen molar-refractivity contribution in [3.05, 3.63) is 53.5 Å². The van der Waals surface area contributed by atoms with Gasteiger partial charge in [-0.05, 0) is 46.1 Å². The zero-order chi connectivity index (χ0) is 22.9. The van der Waals surface area contributed by atoms with E-state index in [9.17, 15) is 9.90 Å². The van der Waals surface area contributed by atoms with Crippen molar-refractivity contribution in [3.8, 4) is 0 Å². The van der Waals surface area contributed by atoms with Crippen molar-refractivity contribution in [2.75, 3.05) is 24.5 Å². The summed E-state index contributed by atoms with van der Waals surface area (Å²) in [5.74, 6) is 1.68. The summed E-state index contributed by atoms with van der Waals surface area (Å²) in [6.45, 7) is 9.67. The lowest BCUT2D eigenvalue weighted by Gasteiger charge is -2.47. The summed E-state index contributed by atoms with van der Waals surface area (Å²) in [5, 5.41) is 10.6. The summed E-state index contributed by atoms with van der Waals surface area (Å²) in [7, 11) is 0. The molecule has 0 spiro atoms. The number of hydrogen-bond acceptors (Lipinski definition) is 6. The van der Waals surface area contributed by atoms with Gasteiger partial charge >= 0.3 is 6.09 Å².